The molecule has 2 N–H and O–H groups in total. The number of hydrogen-bond donors (Lipinski definition) is 1. The fourth-order valence-electron chi connectivity index (χ4n) is 1.50. The number of rotatable bonds is 3. The van der Waals surface area contributed by atoms with E-state index >= 15 is 0 Å². The molecule has 1 aromatic rings. The van der Waals surface area contributed by atoms with Crippen molar-refractivity contribution in [2.24, 2.45) is 11.7 Å². The second-order valence-electron chi connectivity index (χ2n) is 3.97. The van der Waals surface area contributed by atoms with Crippen molar-refractivity contribution >= 4 is 0 Å². The quantitative estimate of drug-likeness (QED) is 0.772. The Morgan fingerprint density at radius 2 is 2.15 bits per heavy atom. The number of aromatic nitrogens is 1. The van der Waals surface area contributed by atoms with Crippen LogP contribution < -0.4 is 5.73 Å². The summed E-state index contributed by atoms with van der Waals surface area (Å²) in [5.41, 5.74) is 8.47. The van der Waals surface area contributed by atoms with Crippen LogP contribution in [0.4, 0.5) is 0 Å². The highest BCUT2D eigenvalue weighted by Gasteiger charge is 2.10. The van der Waals surface area contributed by atoms with Crippen molar-refractivity contribution < 1.29 is 0 Å². The molecular weight excluding hydrogens is 160 g/mol. The molecule has 2 heteroatoms. The lowest BCUT2D eigenvalue weighted by molar-refractivity contribution is 0.507. The molecule has 0 aliphatic carbocycles. The van der Waals surface area contributed by atoms with E-state index in [9.17, 15) is 0 Å². The van der Waals surface area contributed by atoms with E-state index in [-0.39, 0.29) is 6.04 Å². The fraction of sp³-hybridized carbons (Fsp3) is 0.545. The maximum Gasteiger partial charge on any atom is 0.0318 e. The number of pyridine rings is 1. The highest BCUT2D eigenvalue weighted by Crippen LogP contribution is 2.20. The van der Waals surface area contributed by atoms with Crippen LogP contribution in [-0.4, -0.2) is 4.98 Å². The summed E-state index contributed by atoms with van der Waals surface area (Å²) in [5.74, 6) is 0.634. The zero-order valence-electron chi connectivity index (χ0n) is 8.62. The van der Waals surface area contributed by atoms with Gasteiger partial charge in [0, 0.05) is 18.4 Å². The van der Waals surface area contributed by atoms with Gasteiger partial charge in [0.15, 0.2) is 0 Å². The minimum atomic E-state index is 0.133. The zero-order valence-corrected chi connectivity index (χ0v) is 8.62. The molecular formula is C11H18N2. The molecule has 0 aliphatic rings. The average Bonchev–Trinajstić information content (AvgIpc) is 2.03. The minimum Gasteiger partial charge on any atom is -0.324 e. The molecule has 13 heavy (non-hydrogen) atoms. The summed E-state index contributed by atoms with van der Waals surface area (Å²) in [7, 11) is 0. The smallest absolute Gasteiger partial charge is 0.0318 e. The number of nitrogens with two attached hydrogens (primary N) is 1. The molecule has 0 bridgehead atoms. The monoisotopic (exact) mass is 178 g/mol. The van der Waals surface area contributed by atoms with E-state index in [1.165, 1.54) is 11.1 Å². The van der Waals surface area contributed by atoms with Gasteiger partial charge in [0.25, 0.3) is 0 Å². The fourth-order valence-corrected chi connectivity index (χ4v) is 1.50. The third kappa shape index (κ3) is 2.81. The van der Waals surface area contributed by atoms with Gasteiger partial charge < -0.3 is 5.73 Å². The van der Waals surface area contributed by atoms with E-state index in [4.69, 9.17) is 5.73 Å². The first-order chi connectivity index (χ1) is 6.11. The van der Waals surface area contributed by atoms with Crippen molar-refractivity contribution in [1.82, 2.24) is 4.98 Å². The average molecular weight is 178 g/mol. The van der Waals surface area contributed by atoms with Gasteiger partial charge in [-0.3, -0.25) is 4.98 Å². The molecule has 72 valence electrons. The Morgan fingerprint density at radius 1 is 1.46 bits per heavy atom. The predicted molar refractivity (Wildman–Crippen MR) is 55.4 cm³/mol. The lowest BCUT2D eigenvalue weighted by Gasteiger charge is -2.15. The molecule has 0 spiro atoms. The van der Waals surface area contributed by atoms with Crippen LogP contribution in [0.2, 0.25) is 0 Å². The molecule has 0 amide bonds. The van der Waals surface area contributed by atoms with Crippen molar-refractivity contribution in [3.63, 3.8) is 0 Å². The minimum absolute atomic E-state index is 0.133. The first-order valence-corrected chi connectivity index (χ1v) is 4.77. The zero-order chi connectivity index (χ0) is 9.84. The molecule has 0 aliphatic heterocycles. The normalized spacial score (nSPS) is 13.3. The van der Waals surface area contributed by atoms with Crippen molar-refractivity contribution in [2.75, 3.05) is 0 Å². The first-order valence-electron chi connectivity index (χ1n) is 4.77. The topological polar surface area (TPSA) is 38.9 Å². The van der Waals surface area contributed by atoms with Crippen molar-refractivity contribution in [3.8, 4) is 0 Å². The first kappa shape index (κ1) is 10.2. The van der Waals surface area contributed by atoms with Crippen molar-refractivity contribution in [3.05, 3.63) is 29.6 Å². The van der Waals surface area contributed by atoms with Gasteiger partial charge in [-0.1, -0.05) is 13.8 Å². The molecule has 1 unspecified atom stereocenters. The van der Waals surface area contributed by atoms with E-state index in [2.05, 4.69) is 25.8 Å². The Labute approximate surface area is 80.2 Å². The predicted octanol–water partition coefficient (Wildman–Crippen LogP) is 2.44. The van der Waals surface area contributed by atoms with Crippen LogP contribution in [0.25, 0.3) is 0 Å². The summed E-state index contributed by atoms with van der Waals surface area (Å²) in [4.78, 5) is 4.09. The van der Waals surface area contributed by atoms with Crippen LogP contribution in [0, 0.1) is 12.8 Å². The summed E-state index contributed by atoms with van der Waals surface area (Å²) in [6, 6.07) is 2.14. The summed E-state index contributed by atoms with van der Waals surface area (Å²) in [5, 5.41) is 0. The summed E-state index contributed by atoms with van der Waals surface area (Å²) >= 11 is 0. The van der Waals surface area contributed by atoms with E-state index < -0.39 is 0 Å². The number of hydrogen-bond acceptors (Lipinski definition) is 2. The molecule has 1 atom stereocenters. The van der Waals surface area contributed by atoms with Crippen molar-refractivity contribution in [2.45, 2.75) is 33.2 Å². The third-order valence-corrected chi connectivity index (χ3v) is 2.20. The van der Waals surface area contributed by atoms with Crippen LogP contribution in [0.1, 0.15) is 37.4 Å². The second-order valence-corrected chi connectivity index (χ2v) is 3.97. The third-order valence-electron chi connectivity index (χ3n) is 2.20. The molecule has 0 aromatic carbocycles. The molecule has 0 radical (unpaired) electrons. The highest BCUT2D eigenvalue weighted by atomic mass is 14.7. The Morgan fingerprint density at radius 3 is 2.69 bits per heavy atom. The molecule has 0 fully saturated rings. The van der Waals surface area contributed by atoms with Crippen LogP contribution in [-0.2, 0) is 0 Å². The Bertz CT molecular complexity index is 269. The van der Waals surface area contributed by atoms with E-state index in [0.717, 1.165) is 6.42 Å². The SMILES string of the molecule is Cc1ccncc1C(N)CC(C)C. The summed E-state index contributed by atoms with van der Waals surface area (Å²) < 4.78 is 0. The summed E-state index contributed by atoms with van der Waals surface area (Å²) in [6.45, 7) is 6.45. The molecule has 1 aromatic heterocycles. The Kier molecular flexibility index (Phi) is 3.43. The number of nitrogens with zero attached hydrogens (tertiary/aromatic N) is 1. The van der Waals surface area contributed by atoms with Crippen LogP contribution in [0.15, 0.2) is 18.5 Å². The van der Waals surface area contributed by atoms with E-state index in [1.54, 1.807) is 6.20 Å². The number of aryl methyl sites for hydroxylation is 1. The second kappa shape index (κ2) is 4.38. The van der Waals surface area contributed by atoms with Gasteiger partial charge in [0.05, 0.1) is 0 Å². The van der Waals surface area contributed by atoms with Crippen LogP contribution >= 0.6 is 0 Å². The lowest BCUT2D eigenvalue weighted by Crippen LogP contribution is -2.14. The largest absolute Gasteiger partial charge is 0.324 e. The van der Waals surface area contributed by atoms with Crippen molar-refractivity contribution in [1.29, 1.82) is 0 Å². The Hall–Kier alpha value is -0.890. The maximum atomic E-state index is 6.06. The Balaban J connectivity index is 2.76. The van der Waals surface area contributed by atoms with Gasteiger partial charge in [-0.05, 0) is 36.5 Å². The molecule has 1 rings (SSSR count). The standard InChI is InChI=1S/C11H18N2/c1-8(2)6-11(12)10-7-13-5-4-9(10)3/h4-5,7-8,11H,6,12H2,1-3H3. The van der Waals surface area contributed by atoms with Gasteiger partial charge in [0.2, 0.25) is 0 Å². The van der Waals surface area contributed by atoms with E-state index in [1.807, 2.05) is 12.3 Å². The van der Waals surface area contributed by atoms with Gasteiger partial charge in [0.1, 0.15) is 0 Å². The van der Waals surface area contributed by atoms with Gasteiger partial charge in [-0.15, -0.1) is 0 Å². The maximum absolute atomic E-state index is 6.06. The van der Waals surface area contributed by atoms with Crippen LogP contribution in [0.5, 0.6) is 0 Å². The summed E-state index contributed by atoms with van der Waals surface area (Å²) in [6.07, 6.45) is 4.70. The highest BCUT2D eigenvalue weighted by molar-refractivity contribution is 5.24. The van der Waals surface area contributed by atoms with Crippen LogP contribution in [0.3, 0.4) is 0 Å². The molecule has 0 saturated heterocycles. The van der Waals surface area contributed by atoms with Gasteiger partial charge in [-0.2, -0.15) is 0 Å². The van der Waals surface area contributed by atoms with Gasteiger partial charge in [-0.25, -0.2) is 0 Å². The molecule has 2 nitrogen and oxygen atoms in total. The van der Waals surface area contributed by atoms with Gasteiger partial charge >= 0.3 is 0 Å². The molecule has 1 heterocycles. The molecule has 0 saturated carbocycles. The van der Waals surface area contributed by atoms with E-state index in [0.29, 0.717) is 5.92 Å². The lowest BCUT2D eigenvalue weighted by atomic mass is 9.96.